The summed E-state index contributed by atoms with van der Waals surface area (Å²) in [6.45, 7) is 0. The molecule has 4 atom stereocenters. The van der Waals surface area contributed by atoms with E-state index in [4.69, 9.17) is 0 Å². The van der Waals surface area contributed by atoms with Crippen LogP contribution in [0.3, 0.4) is 0 Å². The summed E-state index contributed by atoms with van der Waals surface area (Å²) >= 11 is 0. The fourth-order valence-corrected chi connectivity index (χ4v) is 3.47. The molecule has 0 bridgehead atoms. The molecule has 2 aliphatic rings. The number of hydrogen-bond donors (Lipinski definition) is 1. The third-order valence-corrected chi connectivity index (χ3v) is 4.52. The summed E-state index contributed by atoms with van der Waals surface area (Å²) in [4.78, 5) is 0. The molecule has 18 heavy (non-hydrogen) atoms. The molecular weight excluding hydrogens is 220 g/mol. The van der Waals surface area contributed by atoms with Crippen molar-refractivity contribution in [2.75, 3.05) is 0 Å². The van der Waals surface area contributed by atoms with Crippen LogP contribution >= 0.6 is 0 Å². The van der Waals surface area contributed by atoms with Gasteiger partial charge >= 0.3 is 0 Å². The number of fused-ring (bicyclic) bond motifs is 1. The third kappa shape index (κ3) is 2.67. The van der Waals surface area contributed by atoms with Gasteiger partial charge in [0.15, 0.2) is 0 Å². The average Bonchev–Trinajstić information content (AvgIpc) is 2.85. The Morgan fingerprint density at radius 1 is 1.11 bits per heavy atom. The molecule has 0 heterocycles. The predicted octanol–water partition coefficient (Wildman–Crippen LogP) is 3.58. The minimum absolute atomic E-state index is 0.00253. The standard InChI is InChI=1S/C17H22O/c18-14-11-16-15(17(16)12-14)10-6-2-5-9-13-7-3-1-4-8-13/h1,3-4,6-8,10,14-18H,2,5,9,11-12H2/t14?,15?,16-,17+. The Labute approximate surface area is 110 Å². The molecule has 0 saturated heterocycles. The summed E-state index contributed by atoms with van der Waals surface area (Å²) in [5.74, 6) is 2.42. The van der Waals surface area contributed by atoms with E-state index in [-0.39, 0.29) is 6.10 Å². The highest BCUT2D eigenvalue weighted by atomic mass is 16.3. The molecule has 0 aromatic heterocycles. The van der Waals surface area contributed by atoms with Gasteiger partial charge in [-0.15, -0.1) is 0 Å². The van der Waals surface area contributed by atoms with Crippen molar-refractivity contribution in [3.05, 3.63) is 48.0 Å². The maximum Gasteiger partial charge on any atom is 0.0546 e. The fourth-order valence-electron chi connectivity index (χ4n) is 3.47. The predicted molar refractivity (Wildman–Crippen MR) is 74.2 cm³/mol. The fraction of sp³-hybridized carbons (Fsp3) is 0.529. The van der Waals surface area contributed by atoms with Crippen LogP contribution in [0.25, 0.3) is 0 Å². The minimum atomic E-state index is 0.00253. The molecular formula is C17H22O. The van der Waals surface area contributed by atoms with Crippen molar-refractivity contribution in [3.63, 3.8) is 0 Å². The molecule has 2 saturated carbocycles. The van der Waals surface area contributed by atoms with E-state index in [9.17, 15) is 5.11 Å². The maximum absolute atomic E-state index is 9.46. The Bertz CT molecular complexity index is 397. The Kier molecular flexibility index (Phi) is 3.51. The second-order valence-electron chi connectivity index (χ2n) is 5.84. The highest BCUT2D eigenvalue weighted by Crippen LogP contribution is 2.58. The smallest absolute Gasteiger partial charge is 0.0546 e. The Morgan fingerprint density at radius 2 is 1.83 bits per heavy atom. The monoisotopic (exact) mass is 242 g/mol. The highest BCUT2D eigenvalue weighted by molar-refractivity contribution is 5.15. The molecule has 2 fully saturated rings. The van der Waals surface area contributed by atoms with Crippen LogP contribution in [-0.4, -0.2) is 11.2 Å². The van der Waals surface area contributed by atoms with Crippen molar-refractivity contribution in [1.29, 1.82) is 0 Å². The van der Waals surface area contributed by atoms with Gasteiger partial charge in [-0.1, -0.05) is 42.5 Å². The lowest BCUT2D eigenvalue weighted by atomic mass is 10.1. The van der Waals surface area contributed by atoms with E-state index in [2.05, 4.69) is 42.5 Å². The van der Waals surface area contributed by atoms with E-state index in [1.165, 1.54) is 24.8 Å². The molecule has 1 nitrogen and oxygen atoms in total. The number of rotatable bonds is 5. The van der Waals surface area contributed by atoms with Crippen LogP contribution in [0.2, 0.25) is 0 Å². The zero-order valence-electron chi connectivity index (χ0n) is 10.8. The third-order valence-electron chi connectivity index (χ3n) is 4.52. The number of benzene rings is 1. The molecule has 0 spiro atoms. The summed E-state index contributed by atoms with van der Waals surface area (Å²) in [7, 11) is 0. The van der Waals surface area contributed by atoms with Gasteiger partial charge in [0, 0.05) is 0 Å². The lowest BCUT2D eigenvalue weighted by Gasteiger charge is -2.04. The van der Waals surface area contributed by atoms with Crippen molar-refractivity contribution in [2.45, 2.75) is 38.2 Å². The van der Waals surface area contributed by atoms with Crippen LogP contribution in [-0.2, 0) is 6.42 Å². The van der Waals surface area contributed by atoms with Gasteiger partial charge in [-0.25, -0.2) is 0 Å². The van der Waals surface area contributed by atoms with E-state index in [1.807, 2.05) is 0 Å². The molecule has 1 N–H and O–H groups in total. The normalized spacial score (nSPS) is 33.8. The molecule has 0 aliphatic heterocycles. The van der Waals surface area contributed by atoms with Gasteiger partial charge in [0.05, 0.1) is 6.10 Å². The Morgan fingerprint density at radius 3 is 2.56 bits per heavy atom. The number of hydrogen-bond acceptors (Lipinski definition) is 1. The van der Waals surface area contributed by atoms with Crippen LogP contribution < -0.4 is 0 Å². The van der Waals surface area contributed by atoms with Crippen molar-refractivity contribution in [3.8, 4) is 0 Å². The number of aliphatic hydroxyl groups is 1. The lowest BCUT2D eigenvalue weighted by molar-refractivity contribution is 0.164. The SMILES string of the molecule is OC1C[C@@H]2C(C=CCCCc3ccccc3)[C@@H]2C1. The van der Waals surface area contributed by atoms with E-state index < -0.39 is 0 Å². The van der Waals surface area contributed by atoms with Gasteiger partial charge in [0.25, 0.3) is 0 Å². The second kappa shape index (κ2) is 5.27. The second-order valence-corrected chi connectivity index (χ2v) is 5.84. The quantitative estimate of drug-likeness (QED) is 0.618. The molecule has 2 aliphatic carbocycles. The zero-order valence-corrected chi connectivity index (χ0v) is 10.8. The topological polar surface area (TPSA) is 20.2 Å². The van der Waals surface area contributed by atoms with Gasteiger partial charge in [0.2, 0.25) is 0 Å². The van der Waals surface area contributed by atoms with Crippen molar-refractivity contribution in [1.82, 2.24) is 0 Å². The zero-order chi connectivity index (χ0) is 12.4. The summed E-state index contributed by atoms with van der Waals surface area (Å²) < 4.78 is 0. The minimum Gasteiger partial charge on any atom is -0.393 e. The van der Waals surface area contributed by atoms with Gasteiger partial charge < -0.3 is 5.11 Å². The molecule has 1 heteroatoms. The first kappa shape index (κ1) is 12.0. The molecule has 2 unspecified atom stereocenters. The summed E-state index contributed by atoms with van der Waals surface area (Å²) in [5, 5.41) is 9.46. The largest absolute Gasteiger partial charge is 0.393 e. The Balaban J connectivity index is 1.34. The first-order valence-corrected chi connectivity index (χ1v) is 7.23. The van der Waals surface area contributed by atoms with Gasteiger partial charge in [-0.3, -0.25) is 0 Å². The number of allylic oxidation sites excluding steroid dienone is 2. The summed E-state index contributed by atoms with van der Waals surface area (Å²) in [6, 6.07) is 10.7. The van der Waals surface area contributed by atoms with E-state index in [0.29, 0.717) is 0 Å². The Hall–Kier alpha value is -1.08. The van der Waals surface area contributed by atoms with Crippen molar-refractivity contribution < 1.29 is 5.11 Å². The maximum atomic E-state index is 9.46. The number of aryl methyl sites for hydroxylation is 1. The van der Waals surface area contributed by atoms with E-state index in [1.54, 1.807) is 0 Å². The number of aliphatic hydroxyl groups excluding tert-OH is 1. The van der Waals surface area contributed by atoms with Gasteiger partial charge in [-0.05, 0) is 55.4 Å². The molecule has 1 aromatic rings. The van der Waals surface area contributed by atoms with Gasteiger partial charge in [0.1, 0.15) is 0 Å². The average molecular weight is 242 g/mol. The molecule has 0 radical (unpaired) electrons. The molecule has 3 rings (SSSR count). The number of unbranched alkanes of at least 4 members (excludes halogenated alkanes) is 1. The molecule has 1 aromatic carbocycles. The van der Waals surface area contributed by atoms with Crippen LogP contribution in [0.5, 0.6) is 0 Å². The lowest BCUT2D eigenvalue weighted by Crippen LogP contribution is -2.03. The van der Waals surface area contributed by atoms with Crippen LogP contribution in [0.1, 0.15) is 31.2 Å². The van der Waals surface area contributed by atoms with Gasteiger partial charge in [-0.2, -0.15) is 0 Å². The van der Waals surface area contributed by atoms with Crippen LogP contribution in [0, 0.1) is 17.8 Å². The molecule has 96 valence electrons. The van der Waals surface area contributed by atoms with Crippen molar-refractivity contribution in [2.24, 2.45) is 17.8 Å². The highest BCUT2D eigenvalue weighted by Gasteiger charge is 2.53. The van der Waals surface area contributed by atoms with E-state index >= 15 is 0 Å². The van der Waals surface area contributed by atoms with Crippen LogP contribution in [0.15, 0.2) is 42.5 Å². The van der Waals surface area contributed by atoms with Crippen LogP contribution in [0.4, 0.5) is 0 Å². The summed E-state index contributed by atoms with van der Waals surface area (Å²) in [5.41, 5.74) is 1.44. The summed E-state index contributed by atoms with van der Waals surface area (Å²) in [6.07, 6.45) is 10.5. The first-order valence-electron chi connectivity index (χ1n) is 7.23. The van der Waals surface area contributed by atoms with Crippen molar-refractivity contribution >= 4 is 0 Å². The first-order chi connectivity index (χ1) is 8.84. The van der Waals surface area contributed by atoms with E-state index in [0.717, 1.165) is 30.6 Å². The molecule has 0 amide bonds.